The molecule has 2 rings (SSSR count). The first-order chi connectivity index (χ1) is 12.7. The number of hydrogen-bond donors (Lipinski definition) is 2. The van der Waals surface area contributed by atoms with Gasteiger partial charge in [-0.3, -0.25) is 9.89 Å². The molecule has 1 heterocycles. The van der Waals surface area contributed by atoms with Crippen LogP contribution in [0.1, 0.15) is 32.8 Å². The maximum absolute atomic E-state index is 12.1. The zero-order valence-electron chi connectivity index (χ0n) is 17.4. The molecule has 0 spiro atoms. The van der Waals surface area contributed by atoms with E-state index in [1.54, 1.807) is 4.90 Å². The molecule has 0 radical (unpaired) electrons. The number of hydrogen-bond acceptors (Lipinski definition) is 4. The Bertz CT molecular complexity index is 635. The third-order valence-electron chi connectivity index (χ3n) is 4.26. The molecule has 1 aromatic rings. The predicted molar refractivity (Wildman–Crippen MR) is 126 cm³/mol. The fourth-order valence-electron chi connectivity index (χ4n) is 2.80. The quantitative estimate of drug-likeness (QED) is 0.279. The molecule has 0 atom stereocenters. The van der Waals surface area contributed by atoms with Crippen LogP contribution in [0.5, 0.6) is 0 Å². The largest absolute Gasteiger partial charge is 0.444 e. The lowest BCUT2D eigenvalue weighted by molar-refractivity contribution is 0.0145. The van der Waals surface area contributed by atoms with Gasteiger partial charge in [-0.15, -0.1) is 24.0 Å². The van der Waals surface area contributed by atoms with E-state index < -0.39 is 5.60 Å². The number of carbonyl (C=O) groups is 1. The number of nitrogens with one attached hydrogen (secondary N) is 1. The topological polar surface area (TPSA) is 83.2 Å². The number of anilines is 1. The summed E-state index contributed by atoms with van der Waals surface area (Å²) in [6.07, 6.45) is 0.713. The highest BCUT2D eigenvalue weighted by molar-refractivity contribution is 14.0. The fraction of sp³-hybridized carbons (Fsp3) is 0.600. The summed E-state index contributed by atoms with van der Waals surface area (Å²) < 4.78 is 5.42. The Morgan fingerprint density at radius 2 is 1.79 bits per heavy atom. The summed E-state index contributed by atoms with van der Waals surface area (Å²) in [6.45, 7) is 12.5. The molecule has 1 aromatic carbocycles. The van der Waals surface area contributed by atoms with Gasteiger partial charge < -0.3 is 20.7 Å². The van der Waals surface area contributed by atoms with E-state index in [0.717, 1.165) is 31.7 Å². The summed E-state index contributed by atoms with van der Waals surface area (Å²) in [5.41, 5.74) is 7.64. The molecule has 1 aliphatic rings. The molecule has 28 heavy (non-hydrogen) atoms. The first-order valence-corrected chi connectivity index (χ1v) is 9.57. The highest BCUT2D eigenvalue weighted by Crippen LogP contribution is 2.12. The first kappa shape index (κ1) is 24.5. The smallest absolute Gasteiger partial charge is 0.410 e. The van der Waals surface area contributed by atoms with E-state index in [1.165, 1.54) is 5.56 Å². The molecule has 7 nitrogen and oxygen atoms in total. The number of halogens is 1. The number of ether oxygens (including phenoxy) is 1. The van der Waals surface area contributed by atoms with Gasteiger partial charge in [-0.25, -0.2) is 4.79 Å². The number of carbonyl (C=O) groups excluding carboxylic acids is 1. The minimum atomic E-state index is -0.446. The van der Waals surface area contributed by atoms with Gasteiger partial charge in [-0.2, -0.15) is 0 Å². The second-order valence-electron chi connectivity index (χ2n) is 7.92. The van der Waals surface area contributed by atoms with Gasteiger partial charge in [0.1, 0.15) is 5.60 Å². The summed E-state index contributed by atoms with van der Waals surface area (Å²) in [7, 11) is 0. The van der Waals surface area contributed by atoms with Crippen molar-refractivity contribution in [3.63, 3.8) is 0 Å². The summed E-state index contributed by atoms with van der Waals surface area (Å²) in [5, 5.41) is 3.10. The fourth-order valence-corrected chi connectivity index (χ4v) is 2.80. The van der Waals surface area contributed by atoms with E-state index in [2.05, 4.69) is 22.1 Å². The highest BCUT2D eigenvalue weighted by atomic mass is 127. The molecule has 1 saturated heterocycles. The predicted octanol–water partition coefficient (Wildman–Crippen LogP) is 3.28. The second-order valence-corrected chi connectivity index (χ2v) is 7.92. The van der Waals surface area contributed by atoms with Gasteiger partial charge in [0.05, 0.1) is 0 Å². The number of aliphatic imine (C=N–C) groups is 1. The Morgan fingerprint density at radius 3 is 2.36 bits per heavy atom. The van der Waals surface area contributed by atoms with Gasteiger partial charge in [-0.1, -0.05) is 17.7 Å². The molecule has 158 valence electrons. The molecular weight excluding hydrogens is 469 g/mol. The lowest BCUT2D eigenvalue weighted by Gasteiger charge is -2.35. The van der Waals surface area contributed by atoms with Crippen molar-refractivity contribution in [2.24, 2.45) is 10.7 Å². The van der Waals surface area contributed by atoms with Crippen LogP contribution in [-0.4, -0.2) is 66.7 Å². The van der Waals surface area contributed by atoms with Crippen LogP contribution in [0.15, 0.2) is 29.3 Å². The van der Waals surface area contributed by atoms with E-state index in [9.17, 15) is 4.79 Å². The number of nitrogens with two attached hydrogens (primary N) is 1. The number of benzene rings is 1. The number of amides is 1. The van der Waals surface area contributed by atoms with Crippen LogP contribution in [-0.2, 0) is 4.74 Å². The van der Waals surface area contributed by atoms with Crippen molar-refractivity contribution in [1.82, 2.24) is 9.80 Å². The Labute approximate surface area is 185 Å². The zero-order chi connectivity index (χ0) is 19.9. The molecule has 1 amide bonds. The maximum atomic E-state index is 12.1. The number of aryl methyl sites for hydroxylation is 1. The Kier molecular flexibility index (Phi) is 10.0. The summed E-state index contributed by atoms with van der Waals surface area (Å²) >= 11 is 0. The van der Waals surface area contributed by atoms with E-state index in [4.69, 9.17) is 10.5 Å². The Balaban J connectivity index is 0.00000392. The van der Waals surface area contributed by atoms with Crippen molar-refractivity contribution in [1.29, 1.82) is 0 Å². The van der Waals surface area contributed by atoms with Crippen molar-refractivity contribution >= 4 is 41.7 Å². The molecule has 1 aliphatic heterocycles. The Hall–Kier alpha value is -1.55. The van der Waals surface area contributed by atoms with Crippen LogP contribution in [0.4, 0.5) is 10.5 Å². The normalized spacial score (nSPS) is 15.7. The highest BCUT2D eigenvalue weighted by Gasteiger charge is 2.25. The molecule has 0 saturated carbocycles. The van der Waals surface area contributed by atoms with Gasteiger partial charge in [0, 0.05) is 45.0 Å². The second kappa shape index (κ2) is 11.5. The molecule has 0 bridgehead atoms. The third-order valence-corrected chi connectivity index (χ3v) is 4.26. The molecular formula is C20H34IN5O2. The molecule has 3 N–H and O–H groups in total. The van der Waals surface area contributed by atoms with E-state index in [0.29, 0.717) is 25.6 Å². The SMILES string of the molecule is Cc1ccc(NC(N)=NCCCN2CCN(C(=O)OC(C)(C)C)CC2)cc1.I. The minimum Gasteiger partial charge on any atom is -0.444 e. The number of rotatable bonds is 5. The van der Waals surface area contributed by atoms with E-state index >= 15 is 0 Å². The molecule has 0 aliphatic carbocycles. The van der Waals surface area contributed by atoms with Gasteiger partial charge >= 0.3 is 6.09 Å². The van der Waals surface area contributed by atoms with Gasteiger partial charge in [0.15, 0.2) is 5.96 Å². The average molecular weight is 503 g/mol. The zero-order valence-corrected chi connectivity index (χ0v) is 19.7. The van der Waals surface area contributed by atoms with Crippen LogP contribution >= 0.6 is 24.0 Å². The lowest BCUT2D eigenvalue weighted by Crippen LogP contribution is -2.50. The number of guanidine groups is 1. The van der Waals surface area contributed by atoms with Gasteiger partial charge in [-0.05, 0) is 46.2 Å². The van der Waals surface area contributed by atoms with Gasteiger partial charge in [0.2, 0.25) is 0 Å². The first-order valence-electron chi connectivity index (χ1n) is 9.57. The van der Waals surface area contributed by atoms with Crippen LogP contribution in [0.2, 0.25) is 0 Å². The summed E-state index contributed by atoms with van der Waals surface area (Å²) in [6, 6.07) is 8.04. The molecule has 0 aromatic heterocycles. The van der Waals surface area contributed by atoms with Crippen molar-refractivity contribution in [2.75, 3.05) is 44.6 Å². The van der Waals surface area contributed by atoms with Crippen molar-refractivity contribution < 1.29 is 9.53 Å². The van der Waals surface area contributed by atoms with Crippen LogP contribution in [0.3, 0.4) is 0 Å². The number of piperazine rings is 1. The number of nitrogens with zero attached hydrogens (tertiary/aromatic N) is 3. The van der Waals surface area contributed by atoms with Crippen molar-refractivity contribution in [2.45, 2.75) is 39.7 Å². The summed E-state index contributed by atoms with van der Waals surface area (Å²) in [5.74, 6) is 0.439. The maximum Gasteiger partial charge on any atom is 0.410 e. The van der Waals surface area contributed by atoms with Gasteiger partial charge in [0.25, 0.3) is 0 Å². The minimum absolute atomic E-state index is 0. The lowest BCUT2D eigenvalue weighted by atomic mass is 10.2. The average Bonchev–Trinajstić information content (AvgIpc) is 2.60. The van der Waals surface area contributed by atoms with Crippen LogP contribution in [0.25, 0.3) is 0 Å². The Morgan fingerprint density at radius 1 is 1.18 bits per heavy atom. The van der Waals surface area contributed by atoms with Crippen molar-refractivity contribution in [3.8, 4) is 0 Å². The van der Waals surface area contributed by atoms with Crippen LogP contribution < -0.4 is 11.1 Å². The van der Waals surface area contributed by atoms with Crippen LogP contribution in [0, 0.1) is 6.92 Å². The molecule has 0 unspecified atom stereocenters. The van der Waals surface area contributed by atoms with E-state index in [1.807, 2.05) is 45.0 Å². The molecule has 8 heteroatoms. The van der Waals surface area contributed by atoms with Crippen molar-refractivity contribution in [3.05, 3.63) is 29.8 Å². The third kappa shape index (κ3) is 9.09. The monoisotopic (exact) mass is 503 g/mol. The van der Waals surface area contributed by atoms with E-state index in [-0.39, 0.29) is 30.1 Å². The standard InChI is InChI=1S/C20H33N5O2.HI/c1-16-6-8-17(9-7-16)23-18(21)22-10-5-11-24-12-14-25(15-13-24)19(26)27-20(2,3)4;/h6-9H,5,10-15H2,1-4H3,(H3,21,22,23);1H. The summed E-state index contributed by atoms with van der Waals surface area (Å²) in [4.78, 5) is 20.6. The molecule has 1 fully saturated rings.